The third-order valence-corrected chi connectivity index (χ3v) is 3.89. The van der Waals surface area contributed by atoms with E-state index in [-0.39, 0.29) is 18.4 Å². The number of carbonyl (C=O) groups is 3. The predicted molar refractivity (Wildman–Crippen MR) is 114 cm³/mol. The van der Waals surface area contributed by atoms with Crippen molar-refractivity contribution in [3.63, 3.8) is 0 Å². The fraction of sp³-hybridized carbons (Fsp3) is 0.261. The number of hydrogen-bond donors (Lipinski definition) is 2. The minimum absolute atomic E-state index is 0.142. The molecule has 7 nitrogen and oxygen atoms in total. The highest BCUT2D eigenvalue weighted by Gasteiger charge is 2.09. The summed E-state index contributed by atoms with van der Waals surface area (Å²) in [5.41, 5.74) is 1.96. The fourth-order valence-electron chi connectivity index (χ4n) is 2.36. The molecule has 0 aliphatic rings. The van der Waals surface area contributed by atoms with Gasteiger partial charge in [0.1, 0.15) is 5.75 Å². The Morgan fingerprint density at radius 3 is 2.27 bits per heavy atom. The summed E-state index contributed by atoms with van der Waals surface area (Å²) in [5.74, 6) is 0.175. The molecule has 0 aliphatic carbocycles. The number of amides is 2. The summed E-state index contributed by atoms with van der Waals surface area (Å²) in [4.78, 5) is 35.4. The van der Waals surface area contributed by atoms with Crippen LogP contribution in [-0.2, 0) is 16.1 Å². The van der Waals surface area contributed by atoms with Crippen LogP contribution >= 0.6 is 0 Å². The van der Waals surface area contributed by atoms with Crippen LogP contribution in [0.4, 0.5) is 10.5 Å². The van der Waals surface area contributed by atoms with Crippen LogP contribution in [0.5, 0.6) is 5.75 Å². The van der Waals surface area contributed by atoms with Crippen molar-refractivity contribution in [2.24, 2.45) is 5.92 Å². The second-order valence-corrected chi connectivity index (χ2v) is 6.78. The zero-order valence-corrected chi connectivity index (χ0v) is 17.3. The molecule has 0 aliphatic heterocycles. The van der Waals surface area contributed by atoms with Crippen LogP contribution in [0.3, 0.4) is 0 Å². The molecule has 0 saturated carbocycles. The molecule has 2 aromatic carbocycles. The van der Waals surface area contributed by atoms with Crippen LogP contribution < -0.4 is 15.4 Å². The van der Waals surface area contributed by atoms with Crippen molar-refractivity contribution in [3.8, 4) is 5.75 Å². The van der Waals surface area contributed by atoms with E-state index in [1.54, 1.807) is 31.2 Å². The van der Waals surface area contributed by atoms with Gasteiger partial charge in [-0.3, -0.25) is 9.59 Å². The minimum Gasteiger partial charge on any atom is -0.434 e. The third kappa shape index (κ3) is 7.79. The maximum absolute atomic E-state index is 12.4. The van der Waals surface area contributed by atoms with E-state index < -0.39 is 6.16 Å². The fourth-order valence-corrected chi connectivity index (χ4v) is 2.36. The summed E-state index contributed by atoms with van der Waals surface area (Å²) < 4.78 is 9.66. The summed E-state index contributed by atoms with van der Waals surface area (Å²) in [6, 6.07) is 13.3. The van der Waals surface area contributed by atoms with Gasteiger partial charge < -0.3 is 20.1 Å². The van der Waals surface area contributed by atoms with Gasteiger partial charge in [0.15, 0.2) is 0 Å². The number of anilines is 1. The van der Waals surface area contributed by atoms with Crippen LogP contribution in [0.2, 0.25) is 0 Å². The molecule has 0 unspecified atom stereocenters. The van der Waals surface area contributed by atoms with Crippen molar-refractivity contribution >= 4 is 23.7 Å². The lowest BCUT2D eigenvalue weighted by Gasteiger charge is -2.08. The van der Waals surface area contributed by atoms with Gasteiger partial charge in [-0.05, 0) is 60.9 Å². The zero-order valence-electron chi connectivity index (χ0n) is 17.3. The van der Waals surface area contributed by atoms with Gasteiger partial charge >= 0.3 is 6.16 Å². The maximum Gasteiger partial charge on any atom is 0.513 e. The molecule has 0 radical (unpaired) electrons. The van der Waals surface area contributed by atoms with Gasteiger partial charge in [0, 0.05) is 17.8 Å². The average molecular weight is 410 g/mol. The van der Waals surface area contributed by atoms with Crippen LogP contribution in [0, 0.1) is 5.92 Å². The van der Waals surface area contributed by atoms with Gasteiger partial charge in [0.25, 0.3) is 5.91 Å². The molecule has 0 aromatic heterocycles. The van der Waals surface area contributed by atoms with Gasteiger partial charge in [-0.15, -0.1) is 0 Å². The van der Waals surface area contributed by atoms with E-state index in [4.69, 9.17) is 9.47 Å². The molecule has 0 saturated heterocycles. The maximum atomic E-state index is 12.4. The summed E-state index contributed by atoms with van der Waals surface area (Å²) in [5, 5.41) is 5.60. The predicted octanol–water partition coefficient (Wildman–Crippen LogP) is 4.30. The van der Waals surface area contributed by atoms with Crippen LogP contribution in [-0.4, -0.2) is 24.6 Å². The number of hydrogen-bond acceptors (Lipinski definition) is 5. The molecule has 0 fully saturated rings. The van der Waals surface area contributed by atoms with E-state index in [0.717, 1.165) is 5.56 Å². The van der Waals surface area contributed by atoms with Crippen LogP contribution in [0.15, 0.2) is 60.7 Å². The minimum atomic E-state index is -0.790. The summed E-state index contributed by atoms with van der Waals surface area (Å²) >= 11 is 0. The zero-order chi connectivity index (χ0) is 21.9. The lowest BCUT2D eigenvalue weighted by Crippen LogP contribution is -2.20. The first-order valence-corrected chi connectivity index (χ1v) is 9.68. The molecular weight excluding hydrogens is 384 g/mol. The lowest BCUT2D eigenvalue weighted by atomic mass is 10.1. The number of carbonyl (C=O) groups excluding carboxylic acids is 3. The van der Waals surface area contributed by atoms with Crippen molar-refractivity contribution < 1.29 is 23.9 Å². The molecule has 158 valence electrons. The molecule has 2 aromatic rings. The Hall–Kier alpha value is -3.61. The second-order valence-electron chi connectivity index (χ2n) is 6.78. The Morgan fingerprint density at radius 1 is 1.00 bits per heavy atom. The van der Waals surface area contributed by atoms with Crippen molar-refractivity contribution in [3.05, 3.63) is 71.8 Å². The molecule has 0 spiro atoms. The van der Waals surface area contributed by atoms with Crippen molar-refractivity contribution in [2.45, 2.75) is 27.3 Å². The van der Waals surface area contributed by atoms with E-state index in [1.165, 1.54) is 18.2 Å². The molecule has 0 heterocycles. The van der Waals surface area contributed by atoms with Crippen LogP contribution in [0.25, 0.3) is 0 Å². The number of benzene rings is 2. The second kappa shape index (κ2) is 11.4. The molecule has 2 N–H and O–H groups in total. The number of rotatable bonds is 8. The van der Waals surface area contributed by atoms with Gasteiger partial charge in [0.05, 0.1) is 6.61 Å². The quantitative estimate of drug-likeness (QED) is 0.384. The molecule has 0 bridgehead atoms. The summed E-state index contributed by atoms with van der Waals surface area (Å²) in [6.07, 6.45) is 2.58. The van der Waals surface area contributed by atoms with Gasteiger partial charge in [-0.25, -0.2) is 4.79 Å². The van der Waals surface area contributed by atoms with Gasteiger partial charge in [0.2, 0.25) is 5.91 Å². The van der Waals surface area contributed by atoms with E-state index in [1.807, 2.05) is 32.1 Å². The molecule has 30 heavy (non-hydrogen) atoms. The van der Waals surface area contributed by atoms with Gasteiger partial charge in [-0.2, -0.15) is 0 Å². The summed E-state index contributed by atoms with van der Waals surface area (Å²) in [6.45, 7) is 6.31. The highest BCUT2D eigenvalue weighted by Crippen LogP contribution is 2.15. The topological polar surface area (TPSA) is 93.7 Å². The van der Waals surface area contributed by atoms with E-state index in [9.17, 15) is 14.4 Å². The third-order valence-electron chi connectivity index (χ3n) is 3.89. The molecule has 2 amide bonds. The first kappa shape index (κ1) is 22.7. The lowest BCUT2D eigenvalue weighted by molar-refractivity contribution is -0.116. The van der Waals surface area contributed by atoms with Crippen molar-refractivity contribution in [1.82, 2.24) is 5.32 Å². The normalized spacial score (nSPS) is 10.7. The Bertz CT molecular complexity index is 887. The largest absolute Gasteiger partial charge is 0.513 e. The number of nitrogens with one attached hydrogen (secondary N) is 2. The number of ether oxygens (including phenoxy) is 2. The Kier molecular flexibility index (Phi) is 8.62. The highest BCUT2D eigenvalue weighted by molar-refractivity contribution is 6.04. The highest BCUT2D eigenvalue weighted by atomic mass is 16.7. The standard InChI is InChI=1S/C23H26N2O5/c1-4-29-23(28)30-20-12-8-18(9-13-20)22(27)25-19-10-6-17(7-11-19)15-24-21(26)14-5-16(2)3/h5-14,16H,4,15H2,1-3H3,(H,24,26)(H,25,27)/b14-5+. The molecule has 2 rings (SSSR count). The van der Waals surface area contributed by atoms with Gasteiger partial charge in [-0.1, -0.05) is 32.1 Å². The van der Waals surface area contributed by atoms with Crippen LogP contribution in [0.1, 0.15) is 36.7 Å². The van der Waals surface area contributed by atoms with E-state index in [0.29, 0.717) is 29.5 Å². The first-order chi connectivity index (χ1) is 14.4. The Balaban J connectivity index is 1.86. The smallest absolute Gasteiger partial charge is 0.434 e. The average Bonchev–Trinajstić information content (AvgIpc) is 2.72. The number of allylic oxidation sites excluding steroid dienone is 1. The van der Waals surface area contributed by atoms with E-state index in [2.05, 4.69) is 10.6 Å². The van der Waals surface area contributed by atoms with Crippen molar-refractivity contribution in [1.29, 1.82) is 0 Å². The Morgan fingerprint density at radius 2 is 1.67 bits per heavy atom. The summed E-state index contributed by atoms with van der Waals surface area (Å²) in [7, 11) is 0. The molecule has 0 atom stereocenters. The SMILES string of the molecule is CCOC(=O)Oc1ccc(C(=O)Nc2ccc(CNC(=O)/C=C/C(C)C)cc2)cc1. The first-order valence-electron chi connectivity index (χ1n) is 9.68. The molecular formula is C23H26N2O5. The molecule has 7 heteroatoms. The monoisotopic (exact) mass is 410 g/mol. The van der Waals surface area contributed by atoms with E-state index >= 15 is 0 Å². The Labute approximate surface area is 176 Å². The van der Waals surface area contributed by atoms with Crippen molar-refractivity contribution in [2.75, 3.05) is 11.9 Å².